The molecule has 0 radical (unpaired) electrons. The van der Waals surface area contributed by atoms with E-state index in [9.17, 15) is 14.0 Å². The lowest BCUT2D eigenvalue weighted by Crippen LogP contribution is -2.45. The second kappa shape index (κ2) is 13.9. The van der Waals surface area contributed by atoms with Gasteiger partial charge in [0.05, 0.1) is 18.2 Å². The lowest BCUT2D eigenvalue weighted by Gasteiger charge is -2.34. The van der Waals surface area contributed by atoms with Gasteiger partial charge < -0.3 is 19.3 Å². The SMILES string of the molecule is CCN1CCCCN(C(=O)CCCOc2ccccc2F)[C@@H](CC(C)C)COc2ccccc2C1=O. The van der Waals surface area contributed by atoms with Gasteiger partial charge in [-0.1, -0.05) is 38.1 Å². The van der Waals surface area contributed by atoms with Gasteiger partial charge in [0.25, 0.3) is 5.91 Å². The van der Waals surface area contributed by atoms with Crippen LogP contribution in [0.2, 0.25) is 0 Å². The number of carbonyl (C=O) groups excluding carboxylic acids is 2. The van der Waals surface area contributed by atoms with E-state index in [2.05, 4.69) is 13.8 Å². The second-order valence-electron chi connectivity index (χ2n) is 9.65. The summed E-state index contributed by atoms with van der Waals surface area (Å²) in [7, 11) is 0. The number of amides is 2. The van der Waals surface area contributed by atoms with Gasteiger partial charge in [-0.2, -0.15) is 0 Å². The third kappa shape index (κ3) is 7.70. The fourth-order valence-electron chi connectivity index (χ4n) is 4.56. The van der Waals surface area contributed by atoms with Crippen molar-refractivity contribution in [1.29, 1.82) is 0 Å². The van der Waals surface area contributed by atoms with Gasteiger partial charge in [0.15, 0.2) is 11.6 Å². The Morgan fingerprint density at radius 3 is 2.58 bits per heavy atom. The van der Waals surface area contributed by atoms with Gasteiger partial charge in [-0.25, -0.2) is 4.39 Å². The summed E-state index contributed by atoms with van der Waals surface area (Å²) in [5, 5.41) is 0. The molecule has 2 aromatic rings. The van der Waals surface area contributed by atoms with E-state index in [1.807, 2.05) is 41.0 Å². The predicted octanol–water partition coefficient (Wildman–Crippen LogP) is 5.56. The van der Waals surface area contributed by atoms with Gasteiger partial charge in [0.2, 0.25) is 5.91 Å². The zero-order valence-electron chi connectivity index (χ0n) is 21.7. The van der Waals surface area contributed by atoms with Crippen molar-refractivity contribution in [3.8, 4) is 11.5 Å². The number of benzene rings is 2. The molecule has 1 aliphatic rings. The minimum Gasteiger partial charge on any atom is -0.491 e. The molecule has 0 fully saturated rings. The van der Waals surface area contributed by atoms with Crippen LogP contribution < -0.4 is 9.47 Å². The first-order valence-corrected chi connectivity index (χ1v) is 13.1. The van der Waals surface area contributed by atoms with Gasteiger partial charge in [0.1, 0.15) is 12.4 Å². The standard InChI is InChI=1S/C29H39FN2O4/c1-4-31-17-9-10-18-32(28(33)16-11-19-35-27-15-8-6-13-25(27)30)23(20-22(2)3)21-36-26-14-7-5-12-24(26)29(31)34/h5-8,12-15,22-23H,4,9-11,16-21H2,1-3H3/t23-/m0/s1. The maximum atomic E-state index is 13.8. The van der Waals surface area contributed by atoms with E-state index in [1.165, 1.54) is 6.07 Å². The van der Waals surface area contributed by atoms with Crippen LogP contribution in [0.1, 0.15) is 63.2 Å². The van der Waals surface area contributed by atoms with Crippen molar-refractivity contribution >= 4 is 11.8 Å². The first kappa shape index (κ1) is 27.5. The topological polar surface area (TPSA) is 59.1 Å². The average molecular weight is 499 g/mol. The molecule has 0 spiro atoms. The maximum absolute atomic E-state index is 13.8. The smallest absolute Gasteiger partial charge is 0.257 e. The van der Waals surface area contributed by atoms with Gasteiger partial charge >= 0.3 is 0 Å². The van der Waals surface area contributed by atoms with Crippen LogP contribution in [-0.4, -0.2) is 60.5 Å². The largest absolute Gasteiger partial charge is 0.491 e. The van der Waals surface area contributed by atoms with Crippen LogP contribution in [0.3, 0.4) is 0 Å². The Kier molecular flexibility index (Phi) is 10.6. The maximum Gasteiger partial charge on any atom is 0.257 e. The zero-order valence-corrected chi connectivity index (χ0v) is 21.7. The molecule has 0 saturated carbocycles. The summed E-state index contributed by atoms with van der Waals surface area (Å²) < 4.78 is 25.6. The Morgan fingerprint density at radius 1 is 1.11 bits per heavy atom. The highest BCUT2D eigenvalue weighted by Gasteiger charge is 2.27. The predicted molar refractivity (Wildman–Crippen MR) is 139 cm³/mol. The van der Waals surface area contributed by atoms with E-state index in [-0.39, 0.29) is 30.2 Å². The van der Waals surface area contributed by atoms with Gasteiger partial charge in [-0.15, -0.1) is 0 Å². The molecule has 0 bridgehead atoms. The molecule has 2 aromatic carbocycles. The minimum atomic E-state index is -0.402. The number of hydrogen-bond acceptors (Lipinski definition) is 4. The number of nitrogens with zero attached hydrogens (tertiary/aromatic N) is 2. The summed E-state index contributed by atoms with van der Waals surface area (Å²) in [6.07, 6.45) is 3.24. The summed E-state index contributed by atoms with van der Waals surface area (Å²) in [5.41, 5.74) is 0.561. The van der Waals surface area contributed by atoms with Crippen LogP contribution >= 0.6 is 0 Å². The van der Waals surface area contributed by atoms with Crippen molar-refractivity contribution in [2.24, 2.45) is 5.92 Å². The molecule has 0 aromatic heterocycles. The lowest BCUT2D eigenvalue weighted by molar-refractivity contribution is -0.135. The Bertz CT molecular complexity index is 997. The molecule has 0 aliphatic carbocycles. The fourth-order valence-corrected chi connectivity index (χ4v) is 4.56. The molecule has 36 heavy (non-hydrogen) atoms. The van der Waals surface area contributed by atoms with Crippen LogP contribution in [0, 0.1) is 11.7 Å². The number of hydrogen-bond donors (Lipinski definition) is 0. The summed E-state index contributed by atoms with van der Waals surface area (Å²) in [6, 6.07) is 13.5. The number of carbonyl (C=O) groups is 2. The Morgan fingerprint density at radius 2 is 1.83 bits per heavy atom. The summed E-state index contributed by atoms with van der Waals surface area (Å²) in [6.45, 7) is 8.71. The summed E-state index contributed by atoms with van der Waals surface area (Å²) >= 11 is 0. The number of para-hydroxylation sites is 2. The molecule has 0 N–H and O–H groups in total. The summed E-state index contributed by atoms with van der Waals surface area (Å²) in [5.74, 6) is 0.767. The first-order chi connectivity index (χ1) is 17.4. The van der Waals surface area contributed by atoms with Crippen molar-refractivity contribution in [3.63, 3.8) is 0 Å². The highest BCUT2D eigenvalue weighted by atomic mass is 19.1. The van der Waals surface area contributed by atoms with E-state index in [0.29, 0.717) is 56.3 Å². The van der Waals surface area contributed by atoms with E-state index < -0.39 is 5.82 Å². The lowest BCUT2D eigenvalue weighted by atomic mass is 10.0. The highest BCUT2D eigenvalue weighted by Crippen LogP contribution is 2.24. The Hall–Kier alpha value is -3.09. The number of halogens is 1. The van der Waals surface area contributed by atoms with Crippen LogP contribution in [0.5, 0.6) is 11.5 Å². The number of rotatable bonds is 8. The van der Waals surface area contributed by atoms with Gasteiger partial charge in [-0.3, -0.25) is 9.59 Å². The molecule has 1 aliphatic heterocycles. The molecule has 3 rings (SSSR count). The monoisotopic (exact) mass is 498 g/mol. The van der Waals surface area contributed by atoms with Gasteiger partial charge in [-0.05, 0) is 62.8 Å². The van der Waals surface area contributed by atoms with Crippen molar-refractivity contribution < 1.29 is 23.5 Å². The van der Waals surface area contributed by atoms with Crippen molar-refractivity contribution in [1.82, 2.24) is 9.80 Å². The minimum absolute atomic E-state index is 0.0168. The van der Waals surface area contributed by atoms with E-state index >= 15 is 0 Å². The quantitative estimate of drug-likeness (QED) is 0.447. The van der Waals surface area contributed by atoms with Gasteiger partial charge in [0, 0.05) is 26.1 Å². The Balaban J connectivity index is 1.72. The average Bonchev–Trinajstić information content (AvgIpc) is 2.86. The van der Waals surface area contributed by atoms with E-state index in [1.54, 1.807) is 18.2 Å². The molecular weight excluding hydrogens is 459 g/mol. The Labute approximate surface area is 214 Å². The van der Waals surface area contributed by atoms with Crippen LogP contribution in [0.15, 0.2) is 48.5 Å². The van der Waals surface area contributed by atoms with Crippen molar-refractivity contribution in [2.75, 3.05) is 32.8 Å². The molecule has 196 valence electrons. The molecule has 1 atom stereocenters. The zero-order chi connectivity index (χ0) is 25.9. The molecule has 6 nitrogen and oxygen atoms in total. The third-order valence-corrected chi connectivity index (χ3v) is 6.43. The van der Waals surface area contributed by atoms with E-state index in [4.69, 9.17) is 9.47 Å². The van der Waals surface area contributed by atoms with E-state index in [0.717, 1.165) is 19.3 Å². The molecule has 0 saturated heterocycles. The van der Waals surface area contributed by atoms with Crippen molar-refractivity contribution in [2.45, 2.75) is 58.9 Å². The molecular formula is C29H39FN2O4. The number of ether oxygens (including phenoxy) is 2. The molecule has 7 heteroatoms. The fraction of sp³-hybridized carbons (Fsp3) is 0.517. The second-order valence-corrected chi connectivity index (χ2v) is 9.65. The normalized spacial score (nSPS) is 17.1. The van der Waals surface area contributed by atoms with Crippen LogP contribution in [-0.2, 0) is 4.79 Å². The highest BCUT2D eigenvalue weighted by molar-refractivity contribution is 5.96. The summed E-state index contributed by atoms with van der Waals surface area (Å²) in [4.78, 5) is 30.3. The molecule has 0 unspecified atom stereocenters. The third-order valence-electron chi connectivity index (χ3n) is 6.43. The first-order valence-electron chi connectivity index (χ1n) is 13.1. The molecule has 1 heterocycles. The number of fused-ring (bicyclic) bond motifs is 1. The van der Waals surface area contributed by atoms with Crippen LogP contribution in [0.25, 0.3) is 0 Å². The molecule has 2 amide bonds. The van der Waals surface area contributed by atoms with Crippen molar-refractivity contribution in [3.05, 3.63) is 59.9 Å². The van der Waals surface area contributed by atoms with Crippen LogP contribution in [0.4, 0.5) is 4.39 Å².